The van der Waals surface area contributed by atoms with Gasteiger partial charge in [0.2, 0.25) is 11.8 Å². The lowest BCUT2D eigenvalue weighted by Crippen LogP contribution is -2.34. The van der Waals surface area contributed by atoms with Gasteiger partial charge in [-0.05, 0) is 36.6 Å². The monoisotopic (exact) mass is 482 g/mol. The van der Waals surface area contributed by atoms with Crippen LogP contribution in [0.4, 0.5) is 4.79 Å². The molecule has 1 aromatic heterocycles. The molecule has 2 aliphatic heterocycles. The summed E-state index contributed by atoms with van der Waals surface area (Å²) in [6.45, 7) is 0.332. The summed E-state index contributed by atoms with van der Waals surface area (Å²) in [5.41, 5.74) is 2.64. The number of hydrogen-bond donors (Lipinski definition) is 1. The SMILES string of the molecule is N#Cc1ccc2cccc(/C=C/C(=O)NC[C@@H]3CN(C4=COC=C(C5=CC=CCC5)O4)C(=O)O3)c2n1. The maximum absolute atomic E-state index is 12.4. The van der Waals surface area contributed by atoms with Gasteiger partial charge in [-0.25, -0.2) is 14.7 Å². The third kappa shape index (κ3) is 4.98. The van der Waals surface area contributed by atoms with Crippen molar-refractivity contribution in [3.8, 4) is 6.07 Å². The van der Waals surface area contributed by atoms with E-state index in [4.69, 9.17) is 19.5 Å². The minimum absolute atomic E-state index is 0.130. The molecule has 36 heavy (non-hydrogen) atoms. The summed E-state index contributed by atoms with van der Waals surface area (Å²) < 4.78 is 16.7. The number of nitriles is 1. The predicted molar refractivity (Wildman–Crippen MR) is 130 cm³/mol. The molecule has 0 unspecified atom stereocenters. The number of rotatable bonds is 6. The summed E-state index contributed by atoms with van der Waals surface area (Å²) in [6.07, 6.45) is 12.5. The fraction of sp³-hybridized carbons (Fsp3) is 0.185. The number of fused-ring (bicyclic) bond motifs is 1. The van der Waals surface area contributed by atoms with Crippen molar-refractivity contribution < 1.29 is 23.8 Å². The number of cyclic esters (lactones) is 1. The quantitative estimate of drug-likeness (QED) is 0.619. The minimum Gasteiger partial charge on any atom is -0.463 e. The average molecular weight is 482 g/mol. The summed E-state index contributed by atoms with van der Waals surface area (Å²) in [5.74, 6) is 0.440. The second-order valence-electron chi connectivity index (χ2n) is 8.26. The first-order valence-electron chi connectivity index (χ1n) is 11.4. The van der Waals surface area contributed by atoms with Crippen LogP contribution in [0.15, 0.2) is 84.4 Å². The molecular formula is C27H22N4O5. The molecule has 9 nitrogen and oxygen atoms in total. The van der Waals surface area contributed by atoms with E-state index in [-0.39, 0.29) is 24.9 Å². The van der Waals surface area contributed by atoms with Crippen molar-refractivity contribution >= 4 is 29.0 Å². The number of carbonyl (C=O) groups is 2. The normalized spacial score (nSPS) is 19.1. The van der Waals surface area contributed by atoms with Gasteiger partial charge >= 0.3 is 6.09 Å². The molecule has 1 atom stereocenters. The van der Waals surface area contributed by atoms with Crippen molar-refractivity contribution in [1.29, 1.82) is 5.26 Å². The average Bonchev–Trinajstić information content (AvgIpc) is 3.31. The van der Waals surface area contributed by atoms with Gasteiger partial charge in [0.15, 0.2) is 12.0 Å². The van der Waals surface area contributed by atoms with Crippen molar-refractivity contribution in [2.24, 2.45) is 0 Å². The molecule has 0 radical (unpaired) electrons. The van der Waals surface area contributed by atoms with E-state index in [1.54, 1.807) is 12.1 Å². The first-order chi connectivity index (χ1) is 17.6. The van der Waals surface area contributed by atoms with Gasteiger partial charge in [0.05, 0.1) is 18.6 Å². The van der Waals surface area contributed by atoms with Gasteiger partial charge in [0, 0.05) is 17.0 Å². The second-order valence-corrected chi connectivity index (χ2v) is 8.26. The van der Waals surface area contributed by atoms with Crippen molar-refractivity contribution in [3.63, 3.8) is 0 Å². The number of carbonyl (C=O) groups excluding carboxylic acids is 2. The number of para-hydroxylation sites is 1. The molecule has 2 amide bonds. The highest BCUT2D eigenvalue weighted by Gasteiger charge is 2.36. The maximum Gasteiger partial charge on any atom is 0.417 e. The van der Waals surface area contributed by atoms with E-state index < -0.39 is 12.2 Å². The Hall–Kier alpha value is -4.84. The van der Waals surface area contributed by atoms with E-state index in [1.807, 2.05) is 42.5 Å². The van der Waals surface area contributed by atoms with Gasteiger partial charge in [-0.15, -0.1) is 0 Å². The molecule has 3 aliphatic rings. The van der Waals surface area contributed by atoms with E-state index in [2.05, 4.69) is 16.4 Å². The Morgan fingerprint density at radius 2 is 2.19 bits per heavy atom. The lowest BCUT2D eigenvalue weighted by Gasteiger charge is -2.23. The van der Waals surface area contributed by atoms with Gasteiger partial charge in [-0.3, -0.25) is 4.79 Å². The summed E-state index contributed by atoms with van der Waals surface area (Å²) in [7, 11) is 0. The fourth-order valence-electron chi connectivity index (χ4n) is 4.00. The van der Waals surface area contributed by atoms with E-state index in [1.165, 1.54) is 23.5 Å². The number of aromatic nitrogens is 1. The van der Waals surface area contributed by atoms with Crippen LogP contribution in [0.5, 0.6) is 0 Å². The third-order valence-electron chi connectivity index (χ3n) is 5.81. The Kier molecular flexibility index (Phi) is 6.49. The largest absolute Gasteiger partial charge is 0.463 e. The topological polar surface area (TPSA) is 114 Å². The molecule has 180 valence electrons. The van der Waals surface area contributed by atoms with E-state index in [0.29, 0.717) is 22.5 Å². The zero-order valence-corrected chi connectivity index (χ0v) is 19.2. The highest BCUT2D eigenvalue weighted by Crippen LogP contribution is 2.29. The standard InChI is InChI=1S/C27H22N4O5/c28-13-21-11-9-19-7-4-8-20(26(19)30-21)10-12-24(32)29-14-22-15-31(27(33)35-22)25-17-34-16-23(36-25)18-5-2-1-3-6-18/h1-2,4-5,7-12,16-17,22H,3,6,14-15H2,(H,29,32)/b12-10+/t22-/m1/s1. The number of allylic oxidation sites excluding steroid dienone is 4. The second kappa shape index (κ2) is 10.2. The third-order valence-corrected chi connectivity index (χ3v) is 5.81. The molecule has 0 spiro atoms. The van der Waals surface area contributed by atoms with Crippen molar-refractivity contribution in [2.45, 2.75) is 18.9 Å². The van der Waals surface area contributed by atoms with E-state index >= 15 is 0 Å². The number of ether oxygens (including phenoxy) is 3. The molecule has 1 aromatic carbocycles. The predicted octanol–water partition coefficient (Wildman–Crippen LogP) is 4.02. The summed E-state index contributed by atoms with van der Waals surface area (Å²) >= 11 is 0. The molecule has 1 N–H and O–H groups in total. The van der Waals surface area contributed by atoms with Crippen LogP contribution in [0.2, 0.25) is 0 Å². The molecule has 1 aliphatic carbocycles. The Morgan fingerprint density at radius 1 is 1.28 bits per heavy atom. The van der Waals surface area contributed by atoms with Crippen LogP contribution >= 0.6 is 0 Å². The number of nitrogens with zero attached hydrogens (tertiary/aromatic N) is 3. The van der Waals surface area contributed by atoms with Crippen LogP contribution in [0.3, 0.4) is 0 Å². The van der Waals surface area contributed by atoms with Crippen molar-refractivity contribution in [1.82, 2.24) is 15.2 Å². The zero-order valence-electron chi connectivity index (χ0n) is 19.2. The van der Waals surface area contributed by atoms with Gasteiger partial charge in [-0.2, -0.15) is 5.26 Å². The highest BCUT2D eigenvalue weighted by molar-refractivity contribution is 5.95. The summed E-state index contributed by atoms with van der Waals surface area (Å²) in [5, 5.41) is 12.7. The molecule has 5 rings (SSSR count). The summed E-state index contributed by atoms with van der Waals surface area (Å²) in [4.78, 5) is 30.5. The van der Waals surface area contributed by atoms with Crippen LogP contribution in [-0.2, 0) is 19.0 Å². The number of hydrogen-bond acceptors (Lipinski definition) is 7. The molecular weight excluding hydrogens is 460 g/mol. The van der Waals surface area contributed by atoms with Crippen LogP contribution in [0.25, 0.3) is 17.0 Å². The van der Waals surface area contributed by atoms with Crippen molar-refractivity contribution in [3.05, 3.63) is 95.6 Å². The van der Waals surface area contributed by atoms with Crippen LogP contribution in [0.1, 0.15) is 24.1 Å². The zero-order chi connectivity index (χ0) is 24.9. The Labute approximate surface area is 207 Å². The van der Waals surface area contributed by atoms with Crippen LogP contribution in [-0.4, -0.2) is 41.1 Å². The number of pyridine rings is 1. The molecule has 0 bridgehead atoms. The fourth-order valence-corrected chi connectivity index (χ4v) is 4.00. The van der Waals surface area contributed by atoms with Gasteiger partial charge < -0.3 is 19.5 Å². The molecule has 9 heteroatoms. The van der Waals surface area contributed by atoms with Gasteiger partial charge in [-0.1, -0.05) is 36.4 Å². The first-order valence-corrected chi connectivity index (χ1v) is 11.4. The molecule has 1 fully saturated rings. The number of nitrogens with one attached hydrogen (secondary N) is 1. The highest BCUT2D eigenvalue weighted by atomic mass is 16.6. The van der Waals surface area contributed by atoms with E-state index in [0.717, 1.165) is 23.8 Å². The summed E-state index contributed by atoms with van der Waals surface area (Å²) in [6, 6.07) is 11.1. The smallest absolute Gasteiger partial charge is 0.417 e. The lowest BCUT2D eigenvalue weighted by atomic mass is 10.0. The lowest BCUT2D eigenvalue weighted by molar-refractivity contribution is -0.116. The Bertz CT molecular complexity index is 1410. The Morgan fingerprint density at radius 3 is 3.03 bits per heavy atom. The van der Waals surface area contributed by atoms with Gasteiger partial charge in [0.25, 0.3) is 0 Å². The van der Waals surface area contributed by atoms with Gasteiger partial charge in [0.1, 0.15) is 24.1 Å². The Balaban J connectivity index is 1.17. The number of amides is 2. The number of benzene rings is 1. The maximum atomic E-state index is 12.4. The molecule has 3 heterocycles. The van der Waals surface area contributed by atoms with Crippen molar-refractivity contribution in [2.75, 3.05) is 13.1 Å². The van der Waals surface area contributed by atoms with Crippen LogP contribution < -0.4 is 5.32 Å². The van der Waals surface area contributed by atoms with Crippen LogP contribution in [0, 0.1) is 11.3 Å². The molecule has 2 aromatic rings. The molecule has 0 saturated carbocycles. The van der Waals surface area contributed by atoms with E-state index in [9.17, 15) is 9.59 Å². The first kappa shape index (κ1) is 22.9. The molecule has 1 saturated heterocycles. The minimum atomic E-state index is -0.575.